The second-order valence-corrected chi connectivity index (χ2v) is 4.69. The van der Waals surface area contributed by atoms with E-state index in [1.807, 2.05) is 13.8 Å². The first kappa shape index (κ1) is 13.5. The van der Waals surface area contributed by atoms with Crippen molar-refractivity contribution >= 4 is 5.97 Å². The molecule has 0 spiro atoms. The Morgan fingerprint density at radius 1 is 1.31 bits per heavy atom. The smallest absolute Gasteiger partial charge is 0.310 e. The van der Waals surface area contributed by atoms with Crippen molar-refractivity contribution < 1.29 is 14.3 Å². The molecule has 0 aromatic carbocycles. The Labute approximate surface area is 98.5 Å². The van der Waals surface area contributed by atoms with Crippen LogP contribution in [0.2, 0.25) is 0 Å². The highest BCUT2D eigenvalue weighted by atomic mass is 16.5. The van der Waals surface area contributed by atoms with E-state index in [-0.39, 0.29) is 11.9 Å². The number of esters is 1. The van der Waals surface area contributed by atoms with Crippen LogP contribution in [0.4, 0.5) is 0 Å². The fourth-order valence-corrected chi connectivity index (χ4v) is 2.12. The summed E-state index contributed by atoms with van der Waals surface area (Å²) >= 11 is 0. The summed E-state index contributed by atoms with van der Waals surface area (Å²) in [5.41, 5.74) is 0. The van der Waals surface area contributed by atoms with Crippen LogP contribution in [0, 0.1) is 11.8 Å². The maximum Gasteiger partial charge on any atom is 0.310 e. The summed E-state index contributed by atoms with van der Waals surface area (Å²) in [6.07, 6.45) is 6.61. The highest BCUT2D eigenvalue weighted by Crippen LogP contribution is 2.23. The molecule has 1 atom stereocenters. The molecule has 16 heavy (non-hydrogen) atoms. The van der Waals surface area contributed by atoms with E-state index in [0.717, 1.165) is 6.61 Å². The lowest BCUT2D eigenvalue weighted by Gasteiger charge is -2.21. The second kappa shape index (κ2) is 7.66. The third-order valence-corrected chi connectivity index (χ3v) is 3.14. The minimum Gasteiger partial charge on any atom is -0.466 e. The number of rotatable bonds is 6. The summed E-state index contributed by atoms with van der Waals surface area (Å²) in [6.45, 7) is 5.44. The molecule has 1 rings (SSSR count). The Kier molecular flexibility index (Phi) is 6.46. The van der Waals surface area contributed by atoms with E-state index < -0.39 is 0 Å². The van der Waals surface area contributed by atoms with Crippen molar-refractivity contribution in [2.75, 3.05) is 19.8 Å². The Morgan fingerprint density at radius 2 is 2.00 bits per heavy atom. The Morgan fingerprint density at radius 3 is 2.62 bits per heavy atom. The van der Waals surface area contributed by atoms with Gasteiger partial charge in [0, 0.05) is 6.61 Å². The van der Waals surface area contributed by atoms with Crippen molar-refractivity contribution in [3.63, 3.8) is 0 Å². The highest BCUT2D eigenvalue weighted by Gasteiger charge is 2.17. The average Bonchev–Trinajstić information content (AvgIpc) is 2.30. The minimum absolute atomic E-state index is 0.136. The fourth-order valence-electron chi connectivity index (χ4n) is 2.12. The van der Waals surface area contributed by atoms with Gasteiger partial charge in [-0.05, 0) is 32.6 Å². The topological polar surface area (TPSA) is 35.5 Å². The molecule has 0 radical (unpaired) electrons. The van der Waals surface area contributed by atoms with Crippen molar-refractivity contribution in [3.8, 4) is 0 Å². The molecular formula is C13H24O3. The molecule has 1 fully saturated rings. The van der Waals surface area contributed by atoms with Gasteiger partial charge in [0.25, 0.3) is 0 Å². The fraction of sp³-hybridized carbons (Fsp3) is 0.923. The molecule has 0 N–H and O–H groups in total. The van der Waals surface area contributed by atoms with Crippen LogP contribution in [0.15, 0.2) is 0 Å². The maximum absolute atomic E-state index is 11.3. The van der Waals surface area contributed by atoms with Crippen LogP contribution in [0.5, 0.6) is 0 Å². The van der Waals surface area contributed by atoms with Crippen molar-refractivity contribution in [1.82, 2.24) is 0 Å². The van der Waals surface area contributed by atoms with E-state index in [4.69, 9.17) is 9.47 Å². The standard InChI is InChI=1S/C13H24O3/c1-3-16-13(14)11(2)9-15-10-12-7-5-4-6-8-12/h11-12H,3-10H2,1-2H3. The van der Waals surface area contributed by atoms with Gasteiger partial charge in [0.1, 0.15) is 0 Å². The molecule has 94 valence electrons. The van der Waals surface area contributed by atoms with Gasteiger partial charge < -0.3 is 9.47 Å². The lowest BCUT2D eigenvalue weighted by molar-refractivity contribution is -0.149. The van der Waals surface area contributed by atoms with E-state index in [1.54, 1.807) is 0 Å². The van der Waals surface area contributed by atoms with Crippen LogP contribution < -0.4 is 0 Å². The predicted molar refractivity (Wildman–Crippen MR) is 63.2 cm³/mol. The van der Waals surface area contributed by atoms with Gasteiger partial charge in [-0.1, -0.05) is 19.3 Å². The molecule has 3 nitrogen and oxygen atoms in total. The molecule has 1 unspecified atom stereocenters. The molecule has 0 aromatic rings. The summed E-state index contributed by atoms with van der Waals surface area (Å²) in [5.74, 6) is 0.429. The number of carbonyl (C=O) groups is 1. The highest BCUT2D eigenvalue weighted by molar-refractivity contribution is 5.72. The summed E-state index contributed by atoms with van der Waals surface area (Å²) < 4.78 is 10.5. The molecule has 0 amide bonds. The van der Waals surface area contributed by atoms with Gasteiger partial charge >= 0.3 is 5.97 Å². The Bertz CT molecular complexity index is 197. The molecule has 1 aliphatic carbocycles. The number of hydrogen-bond acceptors (Lipinski definition) is 3. The lowest BCUT2D eigenvalue weighted by atomic mass is 9.90. The number of hydrogen-bond donors (Lipinski definition) is 0. The number of ether oxygens (including phenoxy) is 2. The third-order valence-electron chi connectivity index (χ3n) is 3.14. The predicted octanol–water partition coefficient (Wildman–Crippen LogP) is 2.78. The monoisotopic (exact) mass is 228 g/mol. The molecule has 1 aliphatic rings. The van der Waals surface area contributed by atoms with Gasteiger partial charge in [-0.3, -0.25) is 4.79 Å². The van der Waals surface area contributed by atoms with Crippen molar-refractivity contribution in [2.24, 2.45) is 11.8 Å². The maximum atomic E-state index is 11.3. The Hall–Kier alpha value is -0.570. The third kappa shape index (κ3) is 4.97. The first-order valence-electron chi connectivity index (χ1n) is 6.48. The van der Waals surface area contributed by atoms with Crippen molar-refractivity contribution in [2.45, 2.75) is 46.0 Å². The van der Waals surface area contributed by atoms with Gasteiger partial charge in [-0.2, -0.15) is 0 Å². The zero-order valence-electron chi connectivity index (χ0n) is 10.5. The van der Waals surface area contributed by atoms with Crippen LogP contribution in [0.3, 0.4) is 0 Å². The van der Waals surface area contributed by atoms with Crippen LogP contribution in [0.25, 0.3) is 0 Å². The molecule has 0 saturated heterocycles. The molecule has 1 saturated carbocycles. The summed E-state index contributed by atoms with van der Waals surface area (Å²) in [4.78, 5) is 11.3. The Balaban J connectivity index is 2.07. The lowest BCUT2D eigenvalue weighted by Crippen LogP contribution is -2.22. The average molecular weight is 228 g/mol. The van der Waals surface area contributed by atoms with E-state index in [1.165, 1.54) is 32.1 Å². The molecule has 3 heteroatoms. The van der Waals surface area contributed by atoms with E-state index in [2.05, 4.69) is 0 Å². The van der Waals surface area contributed by atoms with Crippen molar-refractivity contribution in [3.05, 3.63) is 0 Å². The SMILES string of the molecule is CCOC(=O)C(C)COCC1CCCCC1. The normalized spacial score (nSPS) is 19.4. The van der Waals surface area contributed by atoms with Gasteiger partial charge in [-0.15, -0.1) is 0 Å². The molecule has 0 aromatic heterocycles. The summed E-state index contributed by atoms with van der Waals surface area (Å²) in [7, 11) is 0. The van der Waals surface area contributed by atoms with Gasteiger partial charge in [-0.25, -0.2) is 0 Å². The molecule has 0 aliphatic heterocycles. The van der Waals surface area contributed by atoms with Crippen molar-refractivity contribution in [1.29, 1.82) is 0 Å². The van der Waals surface area contributed by atoms with E-state index >= 15 is 0 Å². The summed E-state index contributed by atoms with van der Waals surface area (Å²) in [6, 6.07) is 0. The van der Waals surface area contributed by atoms with Crippen LogP contribution in [-0.4, -0.2) is 25.8 Å². The largest absolute Gasteiger partial charge is 0.466 e. The van der Waals surface area contributed by atoms with Gasteiger partial charge in [0.2, 0.25) is 0 Å². The first-order valence-corrected chi connectivity index (χ1v) is 6.48. The second-order valence-electron chi connectivity index (χ2n) is 4.69. The first-order chi connectivity index (χ1) is 7.74. The quantitative estimate of drug-likeness (QED) is 0.656. The van der Waals surface area contributed by atoms with Crippen LogP contribution in [-0.2, 0) is 14.3 Å². The van der Waals surface area contributed by atoms with Crippen LogP contribution >= 0.6 is 0 Å². The van der Waals surface area contributed by atoms with E-state index in [0.29, 0.717) is 19.1 Å². The van der Waals surface area contributed by atoms with Crippen LogP contribution in [0.1, 0.15) is 46.0 Å². The minimum atomic E-state index is -0.147. The molecule has 0 heterocycles. The van der Waals surface area contributed by atoms with Gasteiger partial charge in [0.05, 0.1) is 19.1 Å². The zero-order chi connectivity index (χ0) is 11.8. The zero-order valence-corrected chi connectivity index (χ0v) is 10.5. The summed E-state index contributed by atoms with van der Waals surface area (Å²) in [5, 5.41) is 0. The molecular weight excluding hydrogens is 204 g/mol. The van der Waals surface area contributed by atoms with Gasteiger partial charge in [0.15, 0.2) is 0 Å². The molecule has 0 bridgehead atoms. The number of carbonyl (C=O) groups excluding carboxylic acids is 1. The van der Waals surface area contributed by atoms with E-state index in [9.17, 15) is 4.79 Å².